The van der Waals surface area contributed by atoms with Crippen molar-refractivity contribution in [1.29, 1.82) is 0 Å². The molecule has 78 valence electrons. The molecule has 0 aliphatic rings. The minimum Gasteiger partial charge on any atom is -0.472 e. The number of carboxylic acids is 1. The molecule has 16 heavy (non-hydrogen) atoms. The van der Waals surface area contributed by atoms with Gasteiger partial charge in [-0.3, -0.25) is 0 Å². The second-order valence-corrected chi connectivity index (χ2v) is 3.02. The number of aromatic nitrogens is 2. The lowest BCUT2D eigenvalue weighted by atomic mass is 10.3. The smallest absolute Gasteiger partial charge is 0.382 e. The van der Waals surface area contributed by atoms with Crippen molar-refractivity contribution in [2.24, 2.45) is 0 Å². The van der Waals surface area contributed by atoms with E-state index in [1.165, 1.54) is 0 Å². The van der Waals surface area contributed by atoms with Gasteiger partial charge in [0.05, 0.1) is 11.9 Å². The molecule has 2 aromatic rings. The summed E-state index contributed by atoms with van der Waals surface area (Å²) in [6.07, 6.45) is 1.58. The third-order valence-corrected chi connectivity index (χ3v) is 1.94. The zero-order valence-electron chi connectivity index (χ0n) is 8.29. The van der Waals surface area contributed by atoms with Crippen LogP contribution in [0.3, 0.4) is 0 Å². The molecule has 2 rings (SSSR count). The van der Waals surface area contributed by atoms with Crippen molar-refractivity contribution >= 4 is 5.97 Å². The predicted molar refractivity (Wildman–Crippen MR) is 58.1 cm³/mol. The van der Waals surface area contributed by atoms with Crippen molar-refractivity contribution in [3.05, 3.63) is 48.3 Å². The SMILES string of the molecule is O=C(O)C#Cc1ccnn1-c1ccccc1. The van der Waals surface area contributed by atoms with Gasteiger partial charge in [-0.2, -0.15) is 5.10 Å². The summed E-state index contributed by atoms with van der Waals surface area (Å²) >= 11 is 0. The van der Waals surface area contributed by atoms with Gasteiger partial charge in [-0.05, 0) is 24.1 Å². The Morgan fingerprint density at radius 1 is 1.25 bits per heavy atom. The van der Waals surface area contributed by atoms with Crippen molar-refractivity contribution in [1.82, 2.24) is 9.78 Å². The highest BCUT2D eigenvalue weighted by molar-refractivity contribution is 5.87. The Kier molecular flexibility index (Phi) is 2.70. The normalized spacial score (nSPS) is 9.25. The lowest BCUT2D eigenvalue weighted by molar-refractivity contribution is -0.130. The van der Waals surface area contributed by atoms with Gasteiger partial charge in [0.2, 0.25) is 0 Å². The standard InChI is InChI=1S/C12H8N2O2/c15-12(16)7-6-11-8-9-13-14(11)10-4-2-1-3-5-10/h1-5,8-9H,(H,15,16). The number of para-hydroxylation sites is 1. The first kappa shape index (κ1) is 9.99. The molecule has 0 saturated heterocycles. The van der Waals surface area contributed by atoms with E-state index in [4.69, 9.17) is 5.11 Å². The monoisotopic (exact) mass is 212 g/mol. The minimum absolute atomic E-state index is 0.550. The molecule has 0 saturated carbocycles. The molecule has 1 N–H and O–H groups in total. The molecule has 4 heteroatoms. The lowest BCUT2D eigenvalue weighted by Gasteiger charge is -2.01. The maximum absolute atomic E-state index is 10.3. The topological polar surface area (TPSA) is 55.1 Å². The Morgan fingerprint density at radius 2 is 2.00 bits per heavy atom. The lowest BCUT2D eigenvalue weighted by Crippen LogP contribution is -1.99. The van der Waals surface area contributed by atoms with Gasteiger partial charge < -0.3 is 5.11 Å². The molecule has 0 atom stereocenters. The van der Waals surface area contributed by atoms with Crippen LogP contribution in [-0.2, 0) is 4.79 Å². The molecule has 0 radical (unpaired) electrons. The fourth-order valence-corrected chi connectivity index (χ4v) is 1.29. The molecule has 0 bridgehead atoms. The average molecular weight is 212 g/mol. The van der Waals surface area contributed by atoms with Gasteiger partial charge >= 0.3 is 5.97 Å². The first-order valence-corrected chi connectivity index (χ1v) is 4.62. The number of aliphatic carboxylic acids is 1. The summed E-state index contributed by atoms with van der Waals surface area (Å²) < 4.78 is 1.59. The summed E-state index contributed by atoms with van der Waals surface area (Å²) in [6.45, 7) is 0. The van der Waals surface area contributed by atoms with Crippen molar-refractivity contribution in [3.8, 4) is 17.5 Å². The van der Waals surface area contributed by atoms with Gasteiger partial charge in [0.1, 0.15) is 5.69 Å². The number of nitrogens with zero attached hydrogens (tertiary/aromatic N) is 2. The van der Waals surface area contributed by atoms with E-state index in [-0.39, 0.29) is 0 Å². The predicted octanol–water partition coefficient (Wildman–Crippen LogP) is 1.31. The van der Waals surface area contributed by atoms with Crippen LogP contribution in [0.15, 0.2) is 42.6 Å². The van der Waals surface area contributed by atoms with E-state index < -0.39 is 5.97 Å². The highest BCUT2D eigenvalue weighted by Gasteiger charge is 2.01. The van der Waals surface area contributed by atoms with Crippen molar-refractivity contribution in [2.75, 3.05) is 0 Å². The van der Waals surface area contributed by atoms with Crippen LogP contribution in [0.4, 0.5) is 0 Å². The van der Waals surface area contributed by atoms with E-state index in [0.717, 1.165) is 5.69 Å². The summed E-state index contributed by atoms with van der Waals surface area (Å²) in [7, 11) is 0. The molecule has 1 heterocycles. The van der Waals surface area contributed by atoms with Crippen molar-refractivity contribution in [3.63, 3.8) is 0 Å². The van der Waals surface area contributed by atoms with Crippen molar-refractivity contribution < 1.29 is 9.90 Å². The first-order valence-electron chi connectivity index (χ1n) is 4.62. The van der Waals surface area contributed by atoms with E-state index in [0.29, 0.717) is 5.69 Å². The Bertz CT molecular complexity index is 561. The highest BCUT2D eigenvalue weighted by Crippen LogP contribution is 2.08. The molecular formula is C12H8N2O2. The maximum Gasteiger partial charge on any atom is 0.382 e. The number of benzene rings is 1. The maximum atomic E-state index is 10.3. The second-order valence-electron chi connectivity index (χ2n) is 3.02. The summed E-state index contributed by atoms with van der Waals surface area (Å²) in [5.74, 6) is 3.45. The molecule has 0 spiro atoms. The van der Waals surface area contributed by atoms with Crippen LogP contribution in [0.5, 0.6) is 0 Å². The first-order chi connectivity index (χ1) is 7.77. The zero-order valence-corrected chi connectivity index (χ0v) is 8.29. The Labute approximate surface area is 92.1 Å². The van der Waals surface area contributed by atoms with E-state index in [9.17, 15) is 4.79 Å². The fraction of sp³-hybridized carbons (Fsp3) is 0. The van der Waals surface area contributed by atoms with E-state index in [1.807, 2.05) is 30.3 Å². The Hall–Kier alpha value is -2.54. The molecular weight excluding hydrogens is 204 g/mol. The number of carbonyl (C=O) groups is 1. The van der Waals surface area contributed by atoms with E-state index >= 15 is 0 Å². The number of hydrogen-bond donors (Lipinski definition) is 1. The van der Waals surface area contributed by atoms with Gasteiger partial charge in [0.25, 0.3) is 0 Å². The molecule has 1 aromatic carbocycles. The van der Waals surface area contributed by atoms with Crippen LogP contribution in [-0.4, -0.2) is 20.9 Å². The second kappa shape index (κ2) is 4.32. The number of rotatable bonds is 1. The molecule has 0 unspecified atom stereocenters. The van der Waals surface area contributed by atoms with Gasteiger partial charge in [-0.15, -0.1) is 0 Å². The largest absolute Gasteiger partial charge is 0.472 e. The minimum atomic E-state index is -1.15. The third kappa shape index (κ3) is 2.10. The summed E-state index contributed by atoms with van der Waals surface area (Å²) in [6, 6.07) is 11.1. The fourth-order valence-electron chi connectivity index (χ4n) is 1.29. The molecule has 0 aliphatic heterocycles. The van der Waals surface area contributed by atoms with Gasteiger partial charge in [-0.25, -0.2) is 9.48 Å². The Morgan fingerprint density at radius 3 is 2.69 bits per heavy atom. The quantitative estimate of drug-likeness (QED) is 0.725. The third-order valence-electron chi connectivity index (χ3n) is 1.94. The van der Waals surface area contributed by atoms with Gasteiger partial charge in [-0.1, -0.05) is 18.2 Å². The van der Waals surface area contributed by atoms with Crippen LogP contribution in [0.2, 0.25) is 0 Å². The van der Waals surface area contributed by atoms with Gasteiger partial charge in [0, 0.05) is 5.92 Å². The van der Waals surface area contributed by atoms with Crippen LogP contribution >= 0.6 is 0 Å². The summed E-state index contributed by atoms with van der Waals surface area (Å²) in [5.41, 5.74) is 1.40. The molecule has 0 fully saturated rings. The molecule has 0 aliphatic carbocycles. The van der Waals surface area contributed by atoms with Gasteiger partial charge in [0.15, 0.2) is 0 Å². The molecule has 4 nitrogen and oxygen atoms in total. The molecule has 1 aromatic heterocycles. The Balaban J connectivity index is 2.42. The summed E-state index contributed by atoms with van der Waals surface area (Å²) in [5, 5.41) is 12.6. The van der Waals surface area contributed by atoms with Crippen LogP contribution in [0.25, 0.3) is 5.69 Å². The summed E-state index contributed by atoms with van der Waals surface area (Å²) in [4.78, 5) is 10.3. The van der Waals surface area contributed by atoms with E-state index in [1.54, 1.807) is 16.9 Å². The van der Waals surface area contributed by atoms with Crippen molar-refractivity contribution in [2.45, 2.75) is 0 Å². The number of carboxylic acid groups (broad SMARTS) is 1. The van der Waals surface area contributed by atoms with Crippen LogP contribution < -0.4 is 0 Å². The highest BCUT2D eigenvalue weighted by atomic mass is 16.4. The van der Waals surface area contributed by atoms with Crippen LogP contribution in [0.1, 0.15) is 5.69 Å². The van der Waals surface area contributed by atoms with Crippen LogP contribution in [0, 0.1) is 11.8 Å². The van der Waals surface area contributed by atoms with E-state index in [2.05, 4.69) is 16.9 Å². The zero-order chi connectivity index (χ0) is 11.4. The molecule has 0 amide bonds. The number of hydrogen-bond acceptors (Lipinski definition) is 2. The average Bonchev–Trinajstić information content (AvgIpc) is 2.75.